The largest absolute Gasteiger partial charge is 0.481 e. The highest BCUT2D eigenvalue weighted by atomic mass is 16.4. The Morgan fingerprint density at radius 2 is 2.07 bits per heavy atom. The number of nitrogens with one attached hydrogen (secondary N) is 1. The van der Waals surface area contributed by atoms with Crippen molar-refractivity contribution in [1.29, 1.82) is 0 Å². The topological polar surface area (TPSA) is 49.3 Å². The summed E-state index contributed by atoms with van der Waals surface area (Å²) in [6.45, 7) is 3.23. The molecule has 0 amide bonds. The number of carboxylic acids is 1. The monoisotopic (exact) mass is 211 g/mol. The zero-order chi connectivity index (χ0) is 10.9. The fourth-order valence-electron chi connectivity index (χ4n) is 3.49. The predicted octanol–water partition coefficient (Wildman–Crippen LogP) is 2.02. The molecule has 0 spiro atoms. The van der Waals surface area contributed by atoms with Crippen molar-refractivity contribution in [2.45, 2.75) is 51.0 Å². The molecule has 2 atom stereocenters. The van der Waals surface area contributed by atoms with Crippen molar-refractivity contribution in [1.82, 2.24) is 5.32 Å². The molecule has 3 heteroatoms. The Hall–Kier alpha value is -0.570. The second-order valence-corrected chi connectivity index (χ2v) is 5.27. The minimum Gasteiger partial charge on any atom is -0.481 e. The van der Waals surface area contributed by atoms with E-state index in [0.29, 0.717) is 18.3 Å². The molecule has 2 fully saturated rings. The van der Waals surface area contributed by atoms with Crippen LogP contribution in [0, 0.1) is 11.8 Å². The van der Waals surface area contributed by atoms with Crippen molar-refractivity contribution in [2.24, 2.45) is 11.8 Å². The Kier molecular flexibility index (Phi) is 3.01. The van der Waals surface area contributed by atoms with E-state index in [1.165, 1.54) is 25.7 Å². The van der Waals surface area contributed by atoms with Gasteiger partial charge in [0.15, 0.2) is 0 Å². The van der Waals surface area contributed by atoms with Crippen LogP contribution >= 0.6 is 0 Å². The molecule has 2 aliphatic rings. The zero-order valence-corrected chi connectivity index (χ0v) is 9.46. The van der Waals surface area contributed by atoms with E-state index in [2.05, 4.69) is 12.2 Å². The molecule has 86 valence electrons. The van der Waals surface area contributed by atoms with Crippen molar-refractivity contribution in [2.75, 3.05) is 6.54 Å². The van der Waals surface area contributed by atoms with Crippen LogP contribution in [0.3, 0.4) is 0 Å². The molecule has 1 saturated heterocycles. The van der Waals surface area contributed by atoms with E-state index in [1.807, 2.05) is 0 Å². The van der Waals surface area contributed by atoms with Gasteiger partial charge in [-0.3, -0.25) is 4.79 Å². The molecule has 0 bridgehead atoms. The summed E-state index contributed by atoms with van der Waals surface area (Å²) in [5.74, 6) is 0.385. The van der Waals surface area contributed by atoms with Crippen molar-refractivity contribution in [3.63, 3.8) is 0 Å². The Morgan fingerprint density at radius 1 is 1.40 bits per heavy atom. The fourth-order valence-corrected chi connectivity index (χ4v) is 3.49. The first-order chi connectivity index (χ1) is 7.13. The van der Waals surface area contributed by atoms with E-state index in [-0.39, 0.29) is 5.54 Å². The van der Waals surface area contributed by atoms with Gasteiger partial charge in [0.25, 0.3) is 0 Å². The van der Waals surface area contributed by atoms with Gasteiger partial charge >= 0.3 is 5.97 Å². The highest BCUT2D eigenvalue weighted by Gasteiger charge is 2.45. The van der Waals surface area contributed by atoms with Crippen LogP contribution in [0.5, 0.6) is 0 Å². The molecule has 1 heterocycles. The molecule has 2 unspecified atom stereocenters. The van der Waals surface area contributed by atoms with Gasteiger partial charge in [0.2, 0.25) is 0 Å². The van der Waals surface area contributed by atoms with Gasteiger partial charge in [-0.2, -0.15) is 0 Å². The summed E-state index contributed by atoms with van der Waals surface area (Å²) in [6, 6.07) is 0. The van der Waals surface area contributed by atoms with Crippen LogP contribution in [0.4, 0.5) is 0 Å². The van der Waals surface area contributed by atoms with E-state index in [0.717, 1.165) is 13.0 Å². The molecule has 1 aliphatic carbocycles. The standard InChI is InChI=1S/C12H21NO2/c1-12(9-4-2-3-5-9)10(6-7-13-12)8-11(14)15/h9-10,13H,2-8H2,1H3,(H,14,15). The number of hydrogen-bond acceptors (Lipinski definition) is 2. The fraction of sp³-hybridized carbons (Fsp3) is 0.917. The molecule has 0 aromatic heterocycles. The van der Waals surface area contributed by atoms with Gasteiger partial charge < -0.3 is 10.4 Å². The minimum absolute atomic E-state index is 0.0922. The number of carbonyl (C=O) groups is 1. The Balaban J connectivity index is 2.06. The first-order valence-electron chi connectivity index (χ1n) is 6.10. The Labute approximate surface area is 91.2 Å². The van der Waals surface area contributed by atoms with E-state index < -0.39 is 5.97 Å². The summed E-state index contributed by atoms with van der Waals surface area (Å²) in [6.07, 6.45) is 6.56. The predicted molar refractivity (Wildman–Crippen MR) is 58.7 cm³/mol. The molecule has 1 saturated carbocycles. The minimum atomic E-state index is -0.645. The SMILES string of the molecule is CC1(C2CCCC2)NCCC1CC(=O)O. The lowest BCUT2D eigenvalue weighted by Crippen LogP contribution is -2.48. The van der Waals surface area contributed by atoms with Gasteiger partial charge in [-0.05, 0) is 44.6 Å². The molecule has 0 aromatic rings. The number of rotatable bonds is 3. The average Bonchev–Trinajstić information content (AvgIpc) is 2.76. The van der Waals surface area contributed by atoms with Crippen LogP contribution in [-0.2, 0) is 4.79 Å². The van der Waals surface area contributed by atoms with Crippen LogP contribution in [0.2, 0.25) is 0 Å². The molecule has 2 rings (SSSR count). The Bertz CT molecular complexity index is 248. The summed E-state index contributed by atoms with van der Waals surface area (Å²) in [5, 5.41) is 12.5. The maximum absolute atomic E-state index is 10.8. The maximum atomic E-state index is 10.8. The van der Waals surface area contributed by atoms with Crippen LogP contribution in [-0.4, -0.2) is 23.2 Å². The highest BCUT2D eigenvalue weighted by Crippen LogP contribution is 2.43. The van der Waals surface area contributed by atoms with E-state index in [4.69, 9.17) is 5.11 Å². The lowest BCUT2D eigenvalue weighted by atomic mass is 9.74. The summed E-state index contributed by atoms with van der Waals surface area (Å²) in [7, 11) is 0. The smallest absolute Gasteiger partial charge is 0.303 e. The van der Waals surface area contributed by atoms with Crippen molar-refractivity contribution in [3.05, 3.63) is 0 Å². The molecule has 1 aliphatic heterocycles. The summed E-state index contributed by atoms with van der Waals surface area (Å²) >= 11 is 0. The quantitative estimate of drug-likeness (QED) is 0.751. The zero-order valence-electron chi connectivity index (χ0n) is 9.46. The summed E-state index contributed by atoms with van der Waals surface area (Å²) < 4.78 is 0. The van der Waals surface area contributed by atoms with Gasteiger partial charge in [-0.25, -0.2) is 0 Å². The number of aliphatic carboxylic acids is 1. The summed E-state index contributed by atoms with van der Waals surface area (Å²) in [4.78, 5) is 10.8. The van der Waals surface area contributed by atoms with Crippen LogP contribution in [0.15, 0.2) is 0 Å². The second-order valence-electron chi connectivity index (χ2n) is 5.27. The molecular formula is C12H21NO2. The van der Waals surface area contributed by atoms with Crippen LogP contribution in [0.25, 0.3) is 0 Å². The first-order valence-corrected chi connectivity index (χ1v) is 6.10. The van der Waals surface area contributed by atoms with Gasteiger partial charge in [0.1, 0.15) is 0 Å². The lowest BCUT2D eigenvalue weighted by molar-refractivity contribution is -0.138. The summed E-state index contributed by atoms with van der Waals surface area (Å²) in [5.41, 5.74) is 0.0922. The van der Waals surface area contributed by atoms with Gasteiger partial charge in [-0.1, -0.05) is 12.8 Å². The van der Waals surface area contributed by atoms with E-state index >= 15 is 0 Å². The third kappa shape index (κ3) is 2.03. The van der Waals surface area contributed by atoms with Crippen LogP contribution in [0.1, 0.15) is 45.4 Å². The van der Waals surface area contributed by atoms with E-state index in [1.54, 1.807) is 0 Å². The molecule has 3 nitrogen and oxygen atoms in total. The van der Waals surface area contributed by atoms with Crippen molar-refractivity contribution >= 4 is 5.97 Å². The normalized spacial score (nSPS) is 37.3. The third-order valence-electron chi connectivity index (χ3n) is 4.47. The molecule has 0 radical (unpaired) electrons. The first kappa shape index (κ1) is 10.9. The molecular weight excluding hydrogens is 190 g/mol. The Morgan fingerprint density at radius 3 is 2.67 bits per heavy atom. The van der Waals surface area contributed by atoms with E-state index in [9.17, 15) is 4.79 Å². The average molecular weight is 211 g/mol. The van der Waals surface area contributed by atoms with Crippen LogP contribution < -0.4 is 5.32 Å². The van der Waals surface area contributed by atoms with Crippen molar-refractivity contribution in [3.8, 4) is 0 Å². The van der Waals surface area contributed by atoms with Gasteiger partial charge in [-0.15, -0.1) is 0 Å². The number of hydrogen-bond donors (Lipinski definition) is 2. The number of carboxylic acid groups (broad SMARTS) is 1. The molecule has 2 N–H and O–H groups in total. The maximum Gasteiger partial charge on any atom is 0.303 e. The lowest BCUT2D eigenvalue weighted by Gasteiger charge is -2.37. The molecule has 0 aromatic carbocycles. The van der Waals surface area contributed by atoms with Gasteiger partial charge in [0.05, 0.1) is 0 Å². The molecule has 15 heavy (non-hydrogen) atoms. The third-order valence-corrected chi connectivity index (χ3v) is 4.47. The van der Waals surface area contributed by atoms with Gasteiger partial charge in [0, 0.05) is 12.0 Å². The highest BCUT2D eigenvalue weighted by molar-refractivity contribution is 5.67. The second kappa shape index (κ2) is 4.12. The van der Waals surface area contributed by atoms with Crippen molar-refractivity contribution < 1.29 is 9.90 Å².